The van der Waals surface area contributed by atoms with Crippen LogP contribution in [-0.2, 0) is 0 Å². The highest BCUT2D eigenvalue weighted by molar-refractivity contribution is 6.74. The van der Waals surface area contributed by atoms with Crippen molar-refractivity contribution in [2.24, 2.45) is 17.3 Å². The van der Waals surface area contributed by atoms with Crippen molar-refractivity contribution in [2.45, 2.75) is 115 Å². The summed E-state index contributed by atoms with van der Waals surface area (Å²) in [5.74, 6) is 1.73. The predicted molar refractivity (Wildman–Crippen MR) is 165 cm³/mol. The molecule has 0 saturated heterocycles. The molecular weight excluding hydrogens is 528 g/mol. The van der Waals surface area contributed by atoms with Gasteiger partial charge < -0.3 is 10.2 Å². The van der Waals surface area contributed by atoms with Crippen molar-refractivity contribution >= 4 is 14.1 Å². The van der Waals surface area contributed by atoms with Crippen molar-refractivity contribution in [3.05, 3.63) is 69.9 Å². The molecule has 6 aliphatic rings. The van der Waals surface area contributed by atoms with Crippen LogP contribution in [0.4, 0.5) is 8.78 Å². The fraction of sp³-hybridized carbons (Fsp3) is 0.600. The van der Waals surface area contributed by atoms with E-state index < -0.39 is 14.8 Å². The summed E-state index contributed by atoms with van der Waals surface area (Å²) in [6.45, 7) is 7.19. The summed E-state index contributed by atoms with van der Waals surface area (Å²) < 4.78 is 26.0. The van der Waals surface area contributed by atoms with E-state index in [0.717, 1.165) is 52.8 Å². The van der Waals surface area contributed by atoms with Crippen LogP contribution in [0.15, 0.2) is 69.9 Å². The molecule has 218 valence electrons. The van der Waals surface area contributed by atoms with E-state index >= 15 is 0 Å². The molecule has 2 heterocycles. The minimum absolute atomic E-state index is 0.0563. The van der Waals surface area contributed by atoms with E-state index in [-0.39, 0.29) is 12.5 Å². The number of dihydropyridines is 1. The summed E-state index contributed by atoms with van der Waals surface area (Å²) in [6, 6.07) is 2.83. The maximum absolute atomic E-state index is 13.0. The van der Waals surface area contributed by atoms with Crippen molar-refractivity contribution in [3.63, 3.8) is 0 Å². The van der Waals surface area contributed by atoms with Crippen LogP contribution in [0.3, 0.4) is 0 Å². The molecule has 6 rings (SSSR count). The molecule has 0 bridgehead atoms. The van der Waals surface area contributed by atoms with E-state index in [1.54, 1.807) is 0 Å². The van der Waals surface area contributed by atoms with Crippen LogP contribution < -0.4 is 5.32 Å². The molecule has 0 aromatic rings. The average Bonchev–Trinajstić information content (AvgIpc) is 3.89. The Morgan fingerprint density at radius 1 is 1.12 bits per heavy atom. The molecule has 4 aliphatic carbocycles. The molecule has 6 heteroatoms. The Morgan fingerprint density at radius 3 is 2.46 bits per heavy atom. The second-order valence-electron chi connectivity index (χ2n) is 13.4. The molecule has 3 nitrogen and oxygen atoms in total. The zero-order valence-electron chi connectivity index (χ0n) is 24.9. The summed E-state index contributed by atoms with van der Waals surface area (Å²) >= 11 is 0. The second-order valence-corrected chi connectivity index (χ2v) is 16.4. The Balaban J connectivity index is 1.25. The van der Waals surface area contributed by atoms with Crippen LogP contribution in [0.1, 0.15) is 91.4 Å². The lowest BCUT2D eigenvalue weighted by molar-refractivity contribution is 0.138. The molecule has 0 amide bonds. The van der Waals surface area contributed by atoms with Gasteiger partial charge >= 0.3 is 0 Å². The topological polar surface area (TPSA) is 39.1 Å². The Labute approximate surface area is 246 Å². The Kier molecular flexibility index (Phi) is 8.11. The monoisotopic (exact) mass is 573 g/mol. The van der Waals surface area contributed by atoms with Gasteiger partial charge in [-0.15, -0.1) is 5.67 Å². The first-order valence-electron chi connectivity index (χ1n) is 16.0. The third-order valence-electron chi connectivity index (χ3n) is 10.9. The molecule has 2 aliphatic heterocycles. The lowest BCUT2D eigenvalue weighted by Crippen LogP contribution is -2.39. The van der Waals surface area contributed by atoms with E-state index in [4.69, 9.17) is 0 Å². The lowest BCUT2D eigenvalue weighted by Gasteiger charge is -2.36. The van der Waals surface area contributed by atoms with Gasteiger partial charge in [-0.2, -0.15) is 5.26 Å². The Hall–Kier alpha value is -2.52. The van der Waals surface area contributed by atoms with Gasteiger partial charge in [0.25, 0.3) is 0 Å². The molecule has 3 saturated carbocycles. The summed E-state index contributed by atoms with van der Waals surface area (Å²) in [5, 5.41) is 15.4. The van der Waals surface area contributed by atoms with Gasteiger partial charge in [-0.05, 0) is 96.6 Å². The summed E-state index contributed by atoms with van der Waals surface area (Å²) in [4.78, 5) is 2.44. The fourth-order valence-corrected chi connectivity index (χ4v) is 10.8. The second kappa shape index (κ2) is 11.6. The highest BCUT2D eigenvalue weighted by atomic mass is 28.2. The van der Waals surface area contributed by atoms with E-state index in [1.807, 2.05) is 12.2 Å². The maximum Gasteiger partial charge on any atom is 0.239 e. The van der Waals surface area contributed by atoms with Crippen LogP contribution in [0.5, 0.6) is 0 Å². The zero-order valence-corrected chi connectivity index (χ0v) is 25.9. The SMILES string of the molecule is C/C=[Si](/C1=CNC(=C2C(C#N)=C3C=CC(CCC(F)F)=CC3N2C2CCCC2)C=C1)C(C)C(C)CC1(C2CC2)CC1. The minimum atomic E-state index is -2.30. The number of hydrogen-bond donors (Lipinski definition) is 1. The number of nitrogens with one attached hydrogen (secondary N) is 1. The first kappa shape index (κ1) is 28.6. The number of alkyl halides is 2. The minimum Gasteiger partial charge on any atom is -0.360 e. The zero-order chi connectivity index (χ0) is 28.7. The van der Waals surface area contributed by atoms with Gasteiger partial charge in [-0.1, -0.05) is 57.9 Å². The fourth-order valence-electron chi connectivity index (χ4n) is 8.14. The van der Waals surface area contributed by atoms with Crippen molar-refractivity contribution in [3.8, 4) is 6.07 Å². The van der Waals surface area contributed by atoms with E-state index in [9.17, 15) is 14.0 Å². The van der Waals surface area contributed by atoms with Gasteiger partial charge in [0.1, 0.15) is 6.07 Å². The third kappa shape index (κ3) is 5.64. The van der Waals surface area contributed by atoms with E-state index in [1.165, 1.54) is 50.1 Å². The molecule has 0 spiro atoms. The number of fused-ring (bicyclic) bond motifs is 1. The Morgan fingerprint density at radius 2 is 1.88 bits per heavy atom. The molecule has 0 aromatic carbocycles. The van der Waals surface area contributed by atoms with Gasteiger partial charge in [0.15, 0.2) is 0 Å². The van der Waals surface area contributed by atoms with Gasteiger partial charge in [0.2, 0.25) is 6.43 Å². The smallest absolute Gasteiger partial charge is 0.239 e. The highest BCUT2D eigenvalue weighted by Gasteiger charge is 2.54. The normalized spacial score (nSPS) is 28.9. The first-order valence-corrected chi connectivity index (χ1v) is 17.7. The number of nitriles is 1. The summed E-state index contributed by atoms with van der Waals surface area (Å²) in [7, 11) is -0.853. The van der Waals surface area contributed by atoms with Crippen LogP contribution >= 0.6 is 0 Å². The van der Waals surface area contributed by atoms with Crippen LogP contribution in [0, 0.1) is 28.6 Å². The molecule has 3 atom stereocenters. The molecule has 0 aromatic heterocycles. The van der Waals surface area contributed by atoms with Gasteiger partial charge in [-0.25, -0.2) is 8.78 Å². The number of allylic oxidation sites excluding steroid dienone is 6. The van der Waals surface area contributed by atoms with Crippen molar-refractivity contribution in [1.29, 1.82) is 5.26 Å². The van der Waals surface area contributed by atoms with Crippen LogP contribution in [0.2, 0.25) is 5.54 Å². The Bertz CT molecular complexity index is 1310. The summed E-state index contributed by atoms with van der Waals surface area (Å²) in [6.07, 6.45) is 22.5. The van der Waals surface area contributed by atoms with Gasteiger partial charge in [-0.3, -0.25) is 0 Å². The average molecular weight is 574 g/mol. The molecule has 3 fully saturated rings. The molecule has 41 heavy (non-hydrogen) atoms. The maximum atomic E-state index is 13.0. The molecule has 0 radical (unpaired) electrons. The number of nitrogens with zero attached hydrogens (tertiary/aromatic N) is 2. The van der Waals surface area contributed by atoms with E-state index in [2.05, 4.69) is 67.2 Å². The predicted octanol–water partition coefficient (Wildman–Crippen LogP) is 8.27. The van der Waals surface area contributed by atoms with Crippen molar-refractivity contribution < 1.29 is 8.78 Å². The lowest BCUT2D eigenvalue weighted by atomic mass is 9.87. The van der Waals surface area contributed by atoms with Gasteiger partial charge in [0, 0.05) is 27.1 Å². The third-order valence-corrected chi connectivity index (χ3v) is 14.0. The van der Waals surface area contributed by atoms with Crippen molar-refractivity contribution in [1.82, 2.24) is 10.2 Å². The quantitative estimate of drug-likeness (QED) is 0.267. The number of rotatable bonds is 10. The molecule has 1 N–H and O–H groups in total. The molecular formula is C35H45F2N3Si. The van der Waals surface area contributed by atoms with Crippen molar-refractivity contribution in [2.75, 3.05) is 0 Å². The summed E-state index contributed by atoms with van der Waals surface area (Å²) in [5.41, 5.74) is 8.44. The van der Waals surface area contributed by atoms with Gasteiger partial charge in [0.05, 0.1) is 23.0 Å². The number of hydrogen-bond acceptors (Lipinski definition) is 3. The largest absolute Gasteiger partial charge is 0.360 e. The highest BCUT2D eigenvalue weighted by Crippen LogP contribution is 2.65. The van der Waals surface area contributed by atoms with Crippen LogP contribution in [0.25, 0.3) is 0 Å². The molecule has 3 unspecified atom stereocenters. The first-order chi connectivity index (χ1) is 19.8. The standard InChI is InChI=1S/C35H45F2N3Si/c1-4-41(24(3)23(2)20-35(17-18-35)26-11-12-26)28-13-15-31(39-22-28)34-30(21-38)29-14-9-25(10-16-33(36)37)19-32(29)40(34)27-7-5-6-8-27/h4,9,13-15,19,22-24,26-27,32-33,39H,5-8,10-12,16-18,20H2,1-3H3/b34-31?,41-4+. The van der Waals surface area contributed by atoms with E-state index in [0.29, 0.717) is 23.4 Å². The van der Waals surface area contributed by atoms with Crippen LogP contribution in [-0.4, -0.2) is 37.5 Å². The number of halogens is 2.